The summed E-state index contributed by atoms with van der Waals surface area (Å²) in [5.74, 6) is 0. The molecule has 0 aliphatic rings. The summed E-state index contributed by atoms with van der Waals surface area (Å²) in [6.45, 7) is 3.82. The standard InChI is InChI=1S/C4H10O3PSi/c1-3-4-6-8(2,5)7-9/h3-4H2,1-2H3. The summed E-state index contributed by atoms with van der Waals surface area (Å²) < 4.78 is 20.0. The molecule has 0 amide bonds. The predicted octanol–water partition coefficient (Wildman–Crippen LogP) is 1.34. The third-order valence-corrected chi connectivity index (χ3v) is 2.67. The van der Waals surface area contributed by atoms with Gasteiger partial charge in [-0.05, 0) is 6.42 Å². The molecule has 53 valence electrons. The van der Waals surface area contributed by atoms with Crippen molar-refractivity contribution in [3.05, 3.63) is 0 Å². The van der Waals surface area contributed by atoms with Gasteiger partial charge in [0.25, 0.3) is 10.5 Å². The Morgan fingerprint density at radius 3 is 2.56 bits per heavy atom. The van der Waals surface area contributed by atoms with Crippen LogP contribution in [0.4, 0.5) is 0 Å². The largest absolute Gasteiger partial charge is 0.353 e. The van der Waals surface area contributed by atoms with Crippen LogP contribution in [0.1, 0.15) is 13.3 Å². The molecule has 0 aromatic carbocycles. The highest BCUT2D eigenvalue weighted by molar-refractivity contribution is 7.53. The average molecular weight is 165 g/mol. The van der Waals surface area contributed by atoms with Crippen molar-refractivity contribution in [1.29, 1.82) is 0 Å². The van der Waals surface area contributed by atoms with Crippen molar-refractivity contribution in [3.63, 3.8) is 0 Å². The molecule has 0 rings (SSSR count). The van der Waals surface area contributed by atoms with Gasteiger partial charge in [-0.15, -0.1) is 0 Å². The molecule has 0 N–H and O–H groups in total. The van der Waals surface area contributed by atoms with Crippen molar-refractivity contribution in [2.45, 2.75) is 13.3 Å². The van der Waals surface area contributed by atoms with E-state index in [-0.39, 0.29) is 0 Å². The Balaban J connectivity index is 3.46. The van der Waals surface area contributed by atoms with Gasteiger partial charge in [0, 0.05) is 6.66 Å². The molecule has 0 spiro atoms. The second-order valence-corrected chi connectivity index (χ2v) is 4.23. The zero-order valence-corrected chi connectivity index (χ0v) is 7.48. The average Bonchev–Trinajstić information content (AvgIpc) is 1.84. The van der Waals surface area contributed by atoms with E-state index < -0.39 is 7.60 Å². The smallest absolute Gasteiger partial charge is 0.317 e. The molecule has 1 unspecified atom stereocenters. The highest BCUT2D eigenvalue weighted by Crippen LogP contribution is 2.42. The van der Waals surface area contributed by atoms with Gasteiger partial charge < -0.3 is 8.74 Å². The molecule has 3 nitrogen and oxygen atoms in total. The lowest BCUT2D eigenvalue weighted by atomic mass is 10.5. The van der Waals surface area contributed by atoms with Crippen LogP contribution in [0.5, 0.6) is 0 Å². The van der Waals surface area contributed by atoms with Gasteiger partial charge in [-0.3, -0.25) is 4.57 Å². The molecule has 1 atom stereocenters. The van der Waals surface area contributed by atoms with E-state index in [0.29, 0.717) is 6.61 Å². The fourth-order valence-electron chi connectivity index (χ4n) is 0.283. The quantitative estimate of drug-likeness (QED) is 0.465. The maximum atomic E-state index is 10.8. The first-order valence-electron chi connectivity index (χ1n) is 2.69. The van der Waals surface area contributed by atoms with Gasteiger partial charge in [-0.2, -0.15) is 0 Å². The highest BCUT2D eigenvalue weighted by atomic mass is 31.2. The first-order chi connectivity index (χ1) is 4.12. The second kappa shape index (κ2) is 4.23. The van der Waals surface area contributed by atoms with E-state index in [0.717, 1.165) is 6.42 Å². The minimum atomic E-state index is -2.78. The lowest BCUT2D eigenvalue weighted by molar-refractivity contribution is 0.275. The Hall–Kier alpha value is 0.367. The summed E-state index contributed by atoms with van der Waals surface area (Å²) in [5, 5.41) is 0. The van der Waals surface area contributed by atoms with Crippen LogP contribution in [0.3, 0.4) is 0 Å². The van der Waals surface area contributed by atoms with Gasteiger partial charge >= 0.3 is 7.60 Å². The van der Waals surface area contributed by atoms with Crippen molar-refractivity contribution < 1.29 is 13.3 Å². The first kappa shape index (κ1) is 9.37. The number of hydrogen-bond donors (Lipinski definition) is 0. The maximum absolute atomic E-state index is 10.8. The Bertz CT molecular complexity index is 116. The topological polar surface area (TPSA) is 35.5 Å². The monoisotopic (exact) mass is 165 g/mol. The van der Waals surface area contributed by atoms with E-state index in [9.17, 15) is 4.57 Å². The van der Waals surface area contributed by atoms with E-state index in [4.69, 9.17) is 4.52 Å². The van der Waals surface area contributed by atoms with Crippen molar-refractivity contribution >= 4 is 18.1 Å². The molecule has 0 saturated carbocycles. The normalized spacial score (nSPS) is 17.2. The summed E-state index contributed by atoms with van der Waals surface area (Å²) in [5.41, 5.74) is 0. The van der Waals surface area contributed by atoms with Crippen LogP contribution in [0.25, 0.3) is 0 Å². The van der Waals surface area contributed by atoms with Crippen molar-refractivity contribution in [1.82, 2.24) is 0 Å². The number of hydrogen-bond acceptors (Lipinski definition) is 3. The maximum Gasteiger partial charge on any atom is 0.317 e. The predicted molar refractivity (Wildman–Crippen MR) is 36.6 cm³/mol. The SMILES string of the molecule is CCCOP(C)(=O)O[Si]. The Morgan fingerprint density at radius 1 is 1.67 bits per heavy atom. The molecule has 0 bridgehead atoms. The van der Waals surface area contributed by atoms with Crippen LogP contribution >= 0.6 is 7.60 Å². The van der Waals surface area contributed by atoms with Gasteiger partial charge in [0.2, 0.25) is 0 Å². The molecular weight excluding hydrogens is 155 g/mol. The minimum absolute atomic E-state index is 0.470. The molecule has 9 heavy (non-hydrogen) atoms. The lowest BCUT2D eigenvalue weighted by Crippen LogP contribution is -1.92. The van der Waals surface area contributed by atoms with Crippen LogP contribution in [0.15, 0.2) is 0 Å². The molecule has 0 aliphatic heterocycles. The van der Waals surface area contributed by atoms with Gasteiger partial charge in [-0.1, -0.05) is 6.92 Å². The fourth-order valence-corrected chi connectivity index (χ4v) is 1.01. The Kier molecular flexibility index (Phi) is 4.40. The van der Waals surface area contributed by atoms with Crippen LogP contribution in [0.2, 0.25) is 0 Å². The molecule has 0 fully saturated rings. The Labute approximate surface area is 58.8 Å². The van der Waals surface area contributed by atoms with Crippen molar-refractivity contribution in [3.8, 4) is 0 Å². The van der Waals surface area contributed by atoms with Crippen LogP contribution in [-0.4, -0.2) is 23.8 Å². The lowest BCUT2D eigenvalue weighted by Gasteiger charge is -2.09. The molecule has 0 saturated heterocycles. The van der Waals surface area contributed by atoms with Crippen molar-refractivity contribution in [2.24, 2.45) is 0 Å². The van der Waals surface area contributed by atoms with E-state index >= 15 is 0 Å². The molecular formula is C4H10O3PSi. The molecule has 0 aliphatic carbocycles. The van der Waals surface area contributed by atoms with Gasteiger partial charge in [0.05, 0.1) is 6.61 Å². The molecule has 5 heteroatoms. The van der Waals surface area contributed by atoms with Gasteiger partial charge in [0.1, 0.15) is 0 Å². The zero-order valence-electron chi connectivity index (χ0n) is 5.59. The van der Waals surface area contributed by atoms with Crippen LogP contribution in [0, 0.1) is 0 Å². The van der Waals surface area contributed by atoms with Crippen LogP contribution in [-0.2, 0) is 13.3 Å². The molecule has 0 aromatic rings. The van der Waals surface area contributed by atoms with Crippen molar-refractivity contribution in [2.75, 3.05) is 13.3 Å². The van der Waals surface area contributed by atoms with E-state index in [1.807, 2.05) is 6.92 Å². The summed E-state index contributed by atoms with van der Waals surface area (Å²) in [6.07, 6.45) is 0.841. The van der Waals surface area contributed by atoms with E-state index in [1.54, 1.807) is 0 Å². The molecule has 0 aromatic heterocycles. The molecule has 3 radical (unpaired) electrons. The summed E-state index contributed by atoms with van der Waals surface area (Å²) >= 11 is 0. The zero-order chi connectivity index (χ0) is 7.33. The van der Waals surface area contributed by atoms with Gasteiger partial charge in [-0.25, -0.2) is 0 Å². The third-order valence-electron chi connectivity index (χ3n) is 0.696. The van der Waals surface area contributed by atoms with E-state index in [1.165, 1.54) is 6.66 Å². The van der Waals surface area contributed by atoms with E-state index in [2.05, 4.69) is 14.7 Å². The fraction of sp³-hybridized carbons (Fsp3) is 1.00. The Morgan fingerprint density at radius 2 is 2.22 bits per heavy atom. The highest BCUT2D eigenvalue weighted by Gasteiger charge is 2.11. The summed E-state index contributed by atoms with van der Waals surface area (Å²) in [4.78, 5) is 0. The second-order valence-electron chi connectivity index (χ2n) is 1.70. The van der Waals surface area contributed by atoms with Gasteiger partial charge in [0.15, 0.2) is 0 Å². The molecule has 0 heterocycles. The van der Waals surface area contributed by atoms with Crippen LogP contribution < -0.4 is 0 Å². The number of rotatable bonds is 4. The minimum Gasteiger partial charge on any atom is -0.353 e. The summed E-state index contributed by atoms with van der Waals surface area (Å²) in [6, 6.07) is 0. The third kappa shape index (κ3) is 4.84. The summed E-state index contributed by atoms with van der Waals surface area (Å²) in [7, 11) is -0.118. The first-order valence-corrected chi connectivity index (χ1v) is 5.09.